The topological polar surface area (TPSA) is 154 Å². The van der Waals surface area contributed by atoms with E-state index in [1.807, 2.05) is 44.5 Å². The van der Waals surface area contributed by atoms with Crippen LogP contribution in [0.1, 0.15) is 31.2 Å². The monoisotopic (exact) mass is 511 g/mol. The fourth-order valence-electron chi connectivity index (χ4n) is 3.95. The van der Waals surface area contributed by atoms with Gasteiger partial charge < -0.3 is 28.5 Å². The highest BCUT2D eigenvalue weighted by Gasteiger charge is 2.43. The summed E-state index contributed by atoms with van der Waals surface area (Å²) in [5.41, 5.74) is 3.32. The lowest BCUT2D eigenvalue weighted by Gasteiger charge is -2.21. The Morgan fingerprint density at radius 1 is 1.06 bits per heavy atom. The van der Waals surface area contributed by atoms with E-state index in [9.17, 15) is 18.6 Å². The summed E-state index contributed by atoms with van der Waals surface area (Å²) in [6.45, 7) is 8.74. The minimum Gasteiger partial charge on any atom is -0.352 e. The van der Waals surface area contributed by atoms with E-state index in [0.29, 0.717) is 0 Å². The Kier molecular flexibility index (Phi) is 7.32. The molecule has 1 aliphatic heterocycles. The van der Waals surface area contributed by atoms with Gasteiger partial charge in [0.1, 0.15) is 6.23 Å². The molecule has 3 N–H and O–H groups in total. The minimum absolute atomic E-state index is 0.0179. The second kappa shape index (κ2) is 9.08. The molecule has 6 atom stereocenters. The maximum Gasteiger partial charge on any atom is 0.488 e. The molecule has 1 saturated heterocycles. The van der Waals surface area contributed by atoms with Gasteiger partial charge in [-0.15, -0.1) is 0 Å². The molecule has 3 rings (SSSR count). The molecule has 1 aromatic carbocycles. The van der Waals surface area contributed by atoms with Crippen LogP contribution in [0.5, 0.6) is 0 Å². The lowest BCUT2D eigenvalue weighted by Crippen LogP contribution is -2.21. The summed E-state index contributed by atoms with van der Waals surface area (Å²) < 4.78 is 56.4. The predicted octanol–water partition coefficient (Wildman–Crippen LogP) is 4.49. The van der Waals surface area contributed by atoms with Crippen molar-refractivity contribution < 1.29 is 46.3 Å². The van der Waals surface area contributed by atoms with Crippen LogP contribution >= 0.6 is 23.2 Å². The summed E-state index contributed by atoms with van der Waals surface area (Å²) in [4.78, 5) is 26.8. The number of nitrogens with zero attached hydrogens (tertiary/aromatic N) is 1. The number of hydrogen-bond donors (Lipinski definition) is 3. The lowest BCUT2D eigenvalue weighted by atomic mass is 9.93. The van der Waals surface area contributed by atoms with Gasteiger partial charge in [0.2, 0.25) is 0 Å². The molecular weight excluding hydrogens is 483 g/mol. The van der Waals surface area contributed by atoms with Crippen molar-refractivity contribution in [3.05, 3.63) is 35.5 Å². The van der Waals surface area contributed by atoms with Gasteiger partial charge in [0, 0.05) is 24.2 Å². The largest absolute Gasteiger partial charge is 0.488 e. The Morgan fingerprint density at radius 3 is 2.34 bits per heavy atom. The molecule has 0 saturated carbocycles. The van der Waals surface area contributed by atoms with Crippen molar-refractivity contribution in [1.29, 1.82) is 0 Å². The molecule has 0 spiro atoms. The van der Waals surface area contributed by atoms with Crippen molar-refractivity contribution in [1.82, 2.24) is 4.57 Å². The van der Waals surface area contributed by atoms with Crippen LogP contribution in [0, 0.1) is 25.7 Å². The molecule has 0 amide bonds. The molecule has 32 heavy (non-hydrogen) atoms. The van der Waals surface area contributed by atoms with Crippen LogP contribution < -0.4 is 0 Å². The number of ether oxygens (including phenoxy) is 1. The van der Waals surface area contributed by atoms with Gasteiger partial charge in [-0.05, 0) is 43.0 Å². The summed E-state index contributed by atoms with van der Waals surface area (Å²) in [5.74, 6) is 0.0507. The van der Waals surface area contributed by atoms with Crippen LogP contribution in [0.2, 0.25) is 0 Å². The number of fused-ring (bicyclic) bond motifs is 1. The first-order valence-corrected chi connectivity index (χ1v) is 14.9. The van der Waals surface area contributed by atoms with E-state index >= 15 is 0 Å². The highest BCUT2D eigenvalue weighted by atomic mass is 31.3. The molecule has 2 aromatic rings. The Morgan fingerprint density at radius 2 is 1.72 bits per heavy atom. The molecule has 1 aliphatic rings. The highest BCUT2D eigenvalue weighted by molar-refractivity contribution is 7.68. The van der Waals surface area contributed by atoms with Gasteiger partial charge in [0.05, 0.1) is 18.2 Å². The summed E-state index contributed by atoms with van der Waals surface area (Å²) in [6, 6.07) is 6.23. The molecular formula is C18H28NO10P3. The van der Waals surface area contributed by atoms with Crippen molar-refractivity contribution in [2.45, 2.75) is 40.0 Å². The number of rotatable bonds is 8. The summed E-state index contributed by atoms with van der Waals surface area (Å²) in [6.07, 6.45) is 1.15. The second-order valence-corrected chi connectivity index (χ2v) is 13.2. The van der Waals surface area contributed by atoms with Gasteiger partial charge in [-0.3, -0.25) is 4.57 Å². The molecule has 0 aliphatic carbocycles. The van der Waals surface area contributed by atoms with E-state index < -0.39 is 29.3 Å². The van der Waals surface area contributed by atoms with Crippen LogP contribution in [0.3, 0.4) is 0 Å². The van der Waals surface area contributed by atoms with Crippen LogP contribution in [0.15, 0.2) is 24.4 Å². The third-order valence-corrected chi connectivity index (χ3v) is 9.88. The summed E-state index contributed by atoms with van der Waals surface area (Å²) in [5, 5.41) is 1.12. The Labute approximate surface area is 186 Å². The molecule has 6 unspecified atom stereocenters. The normalized spacial score (nSPS) is 28.0. The maximum absolute atomic E-state index is 12.4. The zero-order valence-corrected chi connectivity index (χ0v) is 21.0. The average Bonchev–Trinajstić information content (AvgIpc) is 3.12. The fourth-order valence-corrected chi connectivity index (χ4v) is 7.52. The van der Waals surface area contributed by atoms with Gasteiger partial charge in [-0.25, -0.2) is 13.4 Å². The van der Waals surface area contributed by atoms with E-state index in [2.05, 4.69) is 20.8 Å². The van der Waals surface area contributed by atoms with Crippen LogP contribution in [0.4, 0.5) is 0 Å². The smallest absolute Gasteiger partial charge is 0.352 e. The Hall–Kier alpha value is -0.830. The number of phosphoric acid groups is 2. The Balaban J connectivity index is 1.72. The van der Waals surface area contributed by atoms with Crippen molar-refractivity contribution in [3.8, 4) is 0 Å². The highest BCUT2D eigenvalue weighted by Crippen LogP contribution is 2.66. The summed E-state index contributed by atoms with van der Waals surface area (Å²) >= 11 is 0. The van der Waals surface area contributed by atoms with Gasteiger partial charge in [-0.2, -0.15) is 4.31 Å². The fraction of sp³-hybridized carbons (Fsp3) is 0.556. The first-order chi connectivity index (χ1) is 14.6. The molecule has 1 aromatic heterocycles. The van der Waals surface area contributed by atoms with Gasteiger partial charge in [0.15, 0.2) is 0 Å². The summed E-state index contributed by atoms with van der Waals surface area (Å²) in [7, 11) is -14.8. The lowest BCUT2D eigenvalue weighted by molar-refractivity contribution is -0.0298. The SMILES string of the molecule is Cc1cc(C)c2ccn(C3OC(COP(C)(=O)OP(=O)(O)OP(=O)(O)O)C(C)C3C)c2c1. The molecule has 14 heteroatoms. The minimum atomic E-state index is -5.34. The van der Waals surface area contributed by atoms with E-state index in [1.54, 1.807) is 0 Å². The molecule has 0 radical (unpaired) electrons. The average molecular weight is 511 g/mol. The number of aromatic nitrogens is 1. The molecule has 180 valence electrons. The standard InChI is InChI=1S/C18H28NO10P3/c1-11-8-12(2)15-6-7-19(16(15)9-11)18-14(4)13(3)17(27-18)10-26-30(5,20)28-32(24,25)29-31(21,22)23/h6-9,13-14,17-18H,10H2,1-5H3,(H,24,25)(H2,21,22,23). The second-order valence-electron chi connectivity index (χ2n) is 8.21. The van der Waals surface area contributed by atoms with Crippen LogP contribution in [-0.2, 0) is 31.6 Å². The quantitative estimate of drug-likeness (QED) is 0.432. The Bertz CT molecular complexity index is 1140. The van der Waals surface area contributed by atoms with Gasteiger partial charge in [0.25, 0.3) is 0 Å². The third kappa shape index (κ3) is 5.99. The van der Waals surface area contributed by atoms with Gasteiger partial charge >= 0.3 is 23.2 Å². The van der Waals surface area contributed by atoms with Crippen LogP contribution in [0.25, 0.3) is 10.9 Å². The molecule has 2 heterocycles. The number of benzene rings is 1. The van der Waals surface area contributed by atoms with E-state index in [0.717, 1.165) is 28.7 Å². The first kappa shape index (κ1) is 25.8. The molecule has 11 nitrogen and oxygen atoms in total. The van der Waals surface area contributed by atoms with Crippen LogP contribution in [-0.4, -0.2) is 38.6 Å². The van der Waals surface area contributed by atoms with E-state index in [-0.39, 0.29) is 24.7 Å². The van der Waals surface area contributed by atoms with Gasteiger partial charge in [-0.1, -0.05) is 19.9 Å². The third-order valence-electron chi connectivity index (χ3n) is 5.58. The first-order valence-electron chi connectivity index (χ1n) is 9.85. The van der Waals surface area contributed by atoms with Crippen molar-refractivity contribution >= 4 is 34.1 Å². The maximum atomic E-state index is 12.4. The van der Waals surface area contributed by atoms with Crippen molar-refractivity contribution in [2.24, 2.45) is 11.8 Å². The molecule has 1 fully saturated rings. The van der Waals surface area contributed by atoms with E-state index in [4.69, 9.17) is 19.0 Å². The zero-order chi connectivity index (χ0) is 24.1. The zero-order valence-electron chi connectivity index (χ0n) is 18.3. The predicted molar refractivity (Wildman–Crippen MR) is 117 cm³/mol. The van der Waals surface area contributed by atoms with E-state index in [1.165, 1.54) is 0 Å². The van der Waals surface area contributed by atoms with Crippen molar-refractivity contribution in [3.63, 3.8) is 0 Å². The number of aryl methyl sites for hydroxylation is 2. The molecule has 0 bridgehead atoms. The van der Waals surface area contributed by atoms with Crippen molar-refractivity contribution in [2.75, 3.05) is 13.3 Å². The number of hydrogen-bond acceptors (Lipinski definition) is 7.